The molecule has 4 aliphatic carbocycles. The highest BCUT2D eigenvalue weighted by molar-refractivity contribution is 5.75. The van der Waals surface area contributed by atoms with Gasteiger partial charge in [0.1, 0.15) is 0 Å². The minimum Gasteiger partial charge on any atom is -0.481 e. The number of hydrogen-bond donors (Lipinski definition) is 2. The van der Waals surface area contributed by atoms with Crippen LogP contribution >= 0.6 is 0 Å². The first-order valence-electron chi connectivity index (χ1n) is 14.3. The van der Waals surface area contributed by atoms with Gasteiger partial charge >= 0.3 is 11.9 Å². The van der Waals surface area contributed by atoms with Crippen molar-refractivity contribution in [1.29, 1.82) is 0 Å². The molecular formula is C30H50O5. The van der Waals surface area contributed by atoms with E-state index < -0.39 is 11.9 Å². The molecule has 0 aromatic carbocycles. The molecule has 0 aromatic rings. The first-order valence-corrected chi connectivity index (χ1v) is 14.3. The van der Waals surface area contributed by atoms with E-state index in [2.05, 4.69) is 33.4 Å². The highest BCUT2D eigenvalue weighted by Crippen LogP contribution is 2.69. The van der Waals surface area contributed by atoms with Crippen LogP contribution in [0.1, 0.15) is 105 Å². The Hall–Kier alpha value is -1.36. The lowest BCUT2D eigenvalue weighted by Crippen LogP contribution is -2.53. The summed E-state index contributed by atoms with van der Waals surface area (Å²) >= 11 is 0. The number of ether oxygens (including phenoxy) is 1. The number of rotatable bonds is 4. The van der Waals surface area contributed by atoms with Gasteiger partial charge in [-0.25, -0.2) is 0 Å². The van der Waals surface area contributed by atoms with Crippen LogP contribution in [0.5, 0.6) is 0 Å². The van der Waals surface area contributed by atoms with Gasteiger partial charge in [-0.15, -0.1) is 6.58 Å². The molecule has 5 nitrogen and oxygen atoms in total. The Kier molecular flexibility index (Phi) is 9.16. The van der Waals surface area contributed by atoms with Gasteiger partial charge in [0.2, 0.25) is 0 Å². The molecule has 5 rings (SSSR count). The molecule has 1 heterocycles. The minimum atomic E-state index is -1.08. The van der Waals surface area contributed by atoms with E-state index in [0.717, 1.165) is 29.6 Å². The van der Waals surface area contributed by atoms with Gasteiger partial charge in [-0.2, -0.15) is 0 Å². The van der Waals surface area contributed by atoms with E-state index >= 15 is 0 Å². The molecule has 2 N–H and O–H groups in total. The molecule has 9 unspecified atom stereocenters. The van der Waals surface area contributed by atoms with Crippen molar-refractivity contribution >= 4 is 11.9 Å². The molecule has 1 saturated heterocycles. The molecule has 0 bridgehead atoms. The van der Waals surface area contributed by atoms with Crippen LogP contribution < -0.4 is 0 Å². The average Bonchev–Trinajstić information content (AvgIpc) is 3.32. The Morgan fingerprint density at radius 2 is 1.60 bits per heavy atom. The highest BCUT2D eigenvalue weighted by Gasteiger charge is 2.65. The van der Waals surface area contributed by atoms with E-state index in [1.54, 1.807) is 0 Å². The van der Waals surface area contributed by atoms with Crippen LogP contribution in [-0.4, -0.2) is 34.4 Å². The smallest absolute Gasteiger partial charge is 0.303 e. The molecule has 0 amide bonds. The van der Waals surface area contributed by atoms with Crippen LogP contribution in [0, 0.1) is 46.3 Å². The molecule has 0 spiro atoms. The van der Waals surface area contributed by atoms with Crippen molar-refractivity contribution < 1.29 is 24.5 Å². The van der Waals surface area contributed by atoms with E-state index in [0.29, 0.717) is 29.0 Å². The van der Waals surface area contributed by atoms with Gasteiger partial charge in [-0.1, -0.05) is 53.5 Å². The summed E-state index contributed by atoms with van der Waals surface area (Å²) in [5.41, 5.74) is 1.19. The Morgan fingerprint density at radius 1 is 0.943 bits per heavy atom. The number of carboxylic acids is 2. The quantitative estimate of drug-likeness (QED) is 0.407. The fraction of sp³-hybridized carbons (Fsp3) is 0.867. The number of hydrogen-bond acceptors (Lipinski definition) is 3. The van der Waals surface area contributed by atoms with E-state index in [9.17, 15) is 9.59 Å². The zero-order chi connectivity index (χ0) is 26.0. The largest absolute Gasteiger partial charge is 0.481 e. The molecule has 10 atom stereocenters. The maximum atomic E-state index is 9.64. The van der Waals surface area contributed by atoms with Gasteiger partial charge in [0.05, 0.1) is 25.0 Å². The Balaban J connectivity index is 0.000000295. The average molecular weight is 491 g/mol. The van der Waals surface area contributed by atoms with Crippen LogP contribution in [0.2, 0.25) is 0 Å². The van der Waals surface area contributed by atoms with Crippen molar-refractivity contribution in [3.63, 3.8) is 0 Å². The number of fused-ring (bicyclic) bond motifs is 7. The summed E-state index contributed by atoms with van der Waals surface area (Å²) in [6.45, 7) is 15.8. The lowest BCUT2D eigenvalue weighted by Gasteiger charge is -2.60. The van der Waals surface area contributed by atoms with Crippen LogP contribution in [0.4, 0.5) is 0 Å². The van der Waals surface area contributed by atoms with Crippen LogP contribution in [0.3, 0.4) is 0 Å². The summed E-state index contributed by atoms with van der Waals surface area (Å²) < 4.78 is 6.50. The normalized spacial score (nSPS) is 45.2. The third-order valence-corrected chi connectivity index (χ3v) is 10.9. The molecule has 0 aromatic heterocycles. The van der Waals surface area contributed by atoms with Crippen molar-refractivity contribution in [2.24, 2.45) is 46.3 Å². The van der Waals surface area contributed by atoms with Crippen LogP contribution in [0.25, 0.3) is 0 Å². The molecule has 5 heteroatoms. The molecule has 4 saturated carbocycles. The predicted molar refractivity (Wildman–Crippen MR) is 139 cm³/mol. The fourth-order valence-electron chi connectivity index (χ4n) is 9.42. The maximum absolute atomic E-state index is 9.64. The maximum Gasteiger partial charge on any atom is 0.303 e. The van der Waals surface area contributed by atoms with E-state index in [1.807, 2.05) is 13.8 Å². The van der Waals surface area contributed by atoms with Crippen molar-refractivity contribution in [3.8, 4) is 0 Å². The number of aliphatic carboxylic acids is 2. The summed E-state index contributed by atoms with van der Waals surface area (Å²) in [4.78, 5) is 19.3. The molecule has 1 aliphatic heterocycles. The van der Waals surface area contributed by atoms with Crippen molar-refractivity contribution in [3.05, 3.63) is 12.7 Å². The lowest BCUT2D eigenvalue weighted by atomic mass is 9.44. The van der Waals surface area contributed by atoms with Crippen LogP contribution in [-0.2, 0) is 14.3 Å². The van der Waals surface area contributed by atoms with E-state index in [-0.39, 0.29) is 12.8 Å². The molecule has 0 radical (unpaired) electrons. The van der Waals surface area contributed by atoms with Gasteiger partial charge < -0.3 is 14.9 Å². The fourth-order valence-corrected chi connectivity index (χ4v) is 9.42. The number of carboxylic acid groups (broad SMARTS) is 2. The summed E-state index contributed by atoms with van der Waals surface area (Å²) in [6, 6.07) is 0. The monoisotopic (exact) mass is 490 g/mol. The summed E-state index contributed by atoms with van der Waals surface area (Å²) in [6.07, 6.45) is 15.7. The summed E-state index contributed by atoms with van der Waals surface area (Å²) in [7, 11) is 0. The molecule has 5 fully saturated rings. The lowest BCUT2D eigenvalue weighted by molar-refractivity contribution is -0.143. The van der Waals surface area contributed by atoms with Gasteiger partial charge in [-0.05, 0) is 91.3 Å². The van der Waals surface area contributed by atoms with Gasteiger partial charge in [0.25, 0.3) is 0 Å². The zero-order valence-corrected chi connectivity index (χ0v) is 22.8. The minimum absolute atomic E-state index is 0.296. The standard InChI is InChI=1S/C24H38O.C4H6O4.C2H6/c1-5-20-15(2)22-21(25-20)14-19-17-10-9-16-8-6-7-12-23(16,3)18(17)11-13-24(19,22)4;5-3(6)1-2-4(7)8;1-2/h5,15-22H,1,6-14H2,2-4H3;1-2H2,(H,5,6)(H,7,8);1-2H3/t15-,16?,17?,18?,19?,20?,21?,22?,23?,24?;;/m1../s1. The summed E-state index contributed by atoms with van der Waals surface area (Å²) in [5.74, 6) is 3.24. The van der Waals surface area contributed by atoms with Gasteiger partial charge in [0.15, 0.2) is 0 Å². The zero-order valence-electron chi connectivity index (χ0n) is 22.8. The Bertz CT molecular complexity index is 750. The SMILES string of the molecule is C=CC1OC2CC3C4CCC5CCCCC5(C)C4CCC3(C)C2[C@@H]1C.CC.O=C(O)CCC(=O)O. The summed E-state index contributed by atoms with van der Waals surface area (Å²) in [5, 5.41) is 15.8. The third-order valence-electron chi connectivity index (χ3n) is 10.9. The van der Waals surface area contributed by atoms with Crippen molar-refractivity contribution in [2.75, 3.05) is 0 Å². The predicted octanol–water partition coefficient (Wildman–Crippen LogP) is 7.20. The van der Waals surface area contributed by atoms with E-state index in [4.69, 9.17) is 14.9 Å². The topological polar surface area (TPSA) is 83.8 Å². The molecule has 35 heavy (non-hydrogen) atoms. The second-order valence-electron chi connectivity index (χ2n) is 12.2. The molecule has 5 aliphatic rings. The first kappa shape index (κ1) is 28.2. The van der Waals surface area contributed by atoms with Crippen molar-refractivity contribution in [1.82, 2.24) is 0 Å². The van der Waals surface area contributed by atoms with Gasteiger partial charge in [0, 0.05) is 0 Å². The molecule has 200 valence electrons. The second kappa shape index (κ2) is 11.4. The second-order valence-corrected chi connectivity index (χ2v) is 12.2. The third kappa shape index (κ3) is 5.22. The first-order chi connectivity index (χ1) is 16.6. The highest BCUT2D eigenvalue weighted by atomic mass is 16.5. The van der Waals surface area contributed by atoms with E-state index in [1.165, 1.54) is 57.8 Å². The van der Waals surface area contributed by atoms with Crippen molar-refractivity contribution in [2.45, 2.75) is 117 Å². The molecular weight excluding hydrogens is 440 g/mol. The Morgan fingerprint density at radius 3 is 2.20 bits per heavy atom. The van der Waals surface area contributed by atoms with Gasteiger partial charge in [-0.3, -0.25) is 9.59 Å². The number of carbonyl (C=O) groups is 2. The van der Waals surface area contributed by atoms with Crippen LogP contribution in [0.15, 0.2) is 12.7 Å². The Labute approximate surface area is 213 Å².